The standard InChI is InChI=1S/C47H32F4N2O4S4/c48-29-15-23-24(16-30(29)49)40(55)37(39(23)54)52-35-13-21-9-5-2-1-3-6-10-22-14-36(53-38-41(56)25-17-31(50)32(51)18-26(25)42(38)57)61-44(22)34-20-28-46(59-34)45-27(19-33(58-45)43(21)60-35)47(28)11-7-4-8-12-47/h13-20H,1-12H2. The van der Waals surface area contributed by atoms with Crippen LogP contribution in [0.2, 0.25) is 0 Å². The number of hydrogen-bond acceptors (Lipinski definition) is 10. The zero-order valence-electron chi connectivity index (χ0n) is 32.3. The third-order valence-corrected chi connectivity index (χ3v) is 17.7. The fourth-order valence-corrected chi connectivity index (χ4v) is 14.9. The molecule has 1 fully saturated rings. The van der Waals surface area contributed by atoms with Crippen LogP contribution in [0.4, 0.5) is 27.6 Å². The number of benzene rings is 2. The molecule has 2 aliphatic carbocycles. The SMILES string of the molecule is O=c1c(=Nc2cc3c(s2)-c2cc4c(s2)-c2sc(cc2C42CCCCC2)-c2sc(N=c4c(=O)c5cc(F)c(F)cc5c4=O)cc2CCCCCCC3)c(=O)c2cc(F)c(F)cc12. The first-order valence-electron chi connectivity index (χ1n) is 20.4. The Morgan fingerprint density at radius 3 is 1.18 bits per heavy atom. The second-order valence-corrected chi connectivity index (χ2v) is 20.5. The largest absolute Gasteiger partial charge is 0.287 e. The van der Waals surface area contributed by atoms with Crippen LogP contribution in [0.25, 0.3) is 50.8 Å². The lowest BCUT2D eigenvalue weighted by molar-refractivity contribution is 0.354. The third-order valence-electron chi connectivity index (χ3n) is 12.7. The van der Waals surface area contributed by atoms with Crippen LogP contribution in [-0.2, 0) is 18.3 Å². The van der Waals surface area contributed by atoms with Gasteiger partial charge in [-0.25, -0.2) is 27.5 Å². The van der Waals surface area contributed by atoms with Crippen LogP contribution in [0.1, 0.15) is 86.5 Å². The van der Waals surface area contributed by atoms with E-state index in [9.17, 15) is 36.7 Å². The molecule has 8 aromatic rings. The van der Waals surface area contributed by atoms with Gasteiger partial charge in [0.2, 0.25) is 21.7 Å². The van der Waals surface area contributed by atoms with Crippen molar-refractivity contribution in [2.24, 2.45) is 9.98 Å². The van der Waals surface area contributed by atoms with Crippen molar-refractivity contribution >= 4 is 76.9 Å². The summed E-state index contributed by atoms with van der Waals surface area (Å²) in [5.74, 6) is -4.75. The Morgan fingerprint density at radius 1 is 0.426 bits per heavy atom. The first-order chi connectivity index (χ1) is 29.5. The van der Waals surface area contributed by atoms with Crippen molar-refractivity contribution in [1.29, 1.82) is 0 Å². The molecule has 5 heterocycles. The number of rotatable bonds is 2. The van der Waals surface area contributed by atoms with E-state index in [0.717, 1.165) is 126 Å². The molecule has 14 heteroatoms. The van der Waals surface area contributed by atoms with Crippen molar-refractivity contribution in [2.75, 3.05) is 0 Å². The highest BCUT2D eigenvalue weighted by molar-refractivity contribution is 7.30. The Morgan fingerprint density at radius 2 is 0.787 bits per heavy atom. The minimum Gasteiger partial charge on any atom is -0.287 e. The molecular formula is C47H32F4N2O4S4. The van der Waals surface area contributed by atoms with E-state index >= 15 is 0 Å². The smallest absolute Gasteiger partial charge is 0.216 e. The second kappa shape index (κ2) is 14.5. The van der Waals surface area contributed by atoms with Gasteiger partial charge in [0.15, 0.2) is 34.0 Å². The van der Waals surface area contributed by atoms with Crippen molar-refractivity contribution in [3.05, 3.63) is 146 Å². The average molecular weight is 893 g/mol. The molecule has 306 valence electrons. The molecule has 1 aliphatic heterocycles. The minimum atomic E-state index is -1.19. The molecule has 1 spiro atoms. The predicted molar refractivity (Wildman–Crippen MR) is 237 cm³/mol. The number of fused-ring (bicyclic) bond motifs is 10. The maximum absolute atomic E-state index is 14.1. The number of aryl methyl sites for hydroxylation is 2. The topological polar surface area (TPSA) is 93.0 Å². The first-order valence-corrected chi connectivity index (χ1v) is 23.6. The van der Waals surface area contributed by atoms with Gasteiger partial charge in [0.1, 0.15) is 10.0 Å². The first kappa shape index (κ1) is 38.9. The van der Waals surface area contributed by atoms with Gasteiger partial charge in [-0.2, -0.15) is 0 Å². The Balaban J connectivity index is 1.05. The zero-order valence-corrected chi connectivity index (χ0v) is 35.5. The number of halogens is 4. The molecule has 0 unspecified atom stereocenters. The van der Waals surface area contributed by atoms with E-state index in [1.54, 1.807) is 22.7 Å². The quantitative estimate of drug-likeness (QED) is 0.162. The molecule has 61 heavy (non-hydrogen) atoms. The van der Waals surface area contributed by atoms with E-state index in [-0.39, 0.29) is 37.7 Å². The van der Waals surface area contributed by atoms with Gasteiger partial charge in [-0.05, 0) is 109 Å². The summed E-state index contributed by atoms with van der Waals surface area (Å²) in [6.45, 7) is 0. The summed E-state index contributed by atoms with van der Waals surface area (Å²) < 4.78 is 56.3. The number of thiophene rings is 4. The van der Waals surface area contributed by atoms with Gasteiger partial charge in [-0.15, -0.1) is 45.3 Å². The summed E-state index contributed by atoms with van der Waals surface area (Å²) >= 11 is 6.37. The van der Waals surface area contributed by atoms with Gasteiger partial charge in [0, 0.05) is 56.2 Å². The van der Waals surface area contributed by atoms with Gasteiger partial charge in [-0.1, -0.05) is 38.5 Å². The lowest BCUT2D eigenvalue weighted by atomic mass is 9.68. The van der Waals surface area contributed by atoms with Gasteiger partial charge in [0.25, 0.3) is 0 Å². The summed E-state index contributed by atoms with van der Waals surface area (Å²) in [5.41, 5.74) is 1.87. The van der Waals surface area contributed by atoms with Crippen LogP contribution in [-0.4, -0.2) is 0 Å². The highest BCUT2D eigenvalue weighted by Crippen LogP contribution is 2.63. The third kappa shape index (κ3) is 6.11. The maximum Gasteiger partial charge on any atom is 0.216 e. The minimum absolute atomic E-state index is 0.156. The Bertz CT molecular complexity index is 3160. The molecule has 3 aliphatic rings. The molecule has 0 N–H and O–H groups in total. The summed E-state index contributed by atoms with van der Waals surface area (Å²) in [7, 11) is 0. The number of hydrogen-bond donors (Lipinski definition) is 0. The molecule has 4 aromatic carbocycles. The highest BCUT2D eigenvalue weighted by Gasteiger charge is 2.47. The summed E-state index contributed by atoms with van der Waals surface area (Å²) in [5, 5.41) is -0.370. The van der Waals surface area contributed by atoms with Crippen LogP contribution in [0.5, 0.6) is 0 Å². The molecule has 4 bridgehead atoms. The summed E-state index contributed by atoms with van der Waals surface area (Å²) in [4.78, 5) is 69.0. The zero-order chi connectivity index (χ0) is 41.9. The van der Waals surface area contributed by atoms with Gasteiger partial charge < -0.3 is 0 Å². The van der Waals surface area contributed by atoms with E-state index in [4.69, 9.17) is 0 Å². The fourth-order valence-electron chi connectivity index (χ4n) is 9.77. The molecule has 0 radical (unpaired) electrons. The van der Waals surface area contributed by atoms with Crippen LogP contribution in [0.15, 0.2) is 77.7 Å². The van der Waals surface area contributed by atoms with E-state index in [2.05, 4.69) is 22.1 Å². The van der Waals surface area contributed by atoms with Crippen molar-refractivity contribution in [2.45, 2.75) is 82.5 Å². The van der Waals surface area contributed by atoms with Crippen LogP contribution in [0, 0.1) is 23.3 Å². The molecule has 0 saturated heterocycles. The van der Waals surface area contributed by atoms with Crippen molar-refractivity contribution < 1.29 is 17.6 Å². The predicted octanol–water partition coefficient (Wildman–Crippen LogP) is 11.1. The molecule has 1 saturated carbocycles. The summed E-state index contributed by atoms with van der Waals surface area (Å²) in [6.07, 6.45) is 11.7. The fraction of sp³-hybridized carbons (Fsp3) is 0.277. The van der Waals surface area contributed by atoms with Crippen molar-refractivity contribution in [3.8, 4) is 29.3 Å². The Labute approximate surface area is 359 Å². The highest BCUT2D eigenvalue weighted by atomic mass is 32.1. The van der Waals surface area contributed by atoms with Crippen molar-refractivity contribution in [1.82, 2.24) is 0 Å². The van der Waals surface area contributed by atoms with E-state index in [0.29, 0.717) is 10.0 Å². The second-order valence-electron chi connectivity index (χ2n) is 16.4. The molecule has 4 aromatic heterocycles. The summed E-state index contributed by atoms with van der Waals surface area (Å²) in [6, 6.07) is 11.7. The van der Waals surface area contributed by atoms with Crippen molar-refractivity contribution in [3.63, 3.8) is 0 Å². The molecule has 0 amide bonds. The Kier molecular flexibility index (Phi) is 9.26. The average Bonchev–Trinajstić information content (AvgIpc) is 4.12. The van der Waals surface area contributed by atoms with Crippen LogP contribution < -0.4 is 32.4 Å². The normalized spacial score (nSPS) is 16.1. The molecule has 11 rings (SSSR count). The monoisotopic (exact) mass is 892 g/mol. The van der Waals surface area contributed by atoms with Gasteiger partial charge in [-0.3, -0.25) is 19.2 Å². The van der Waals surface area contributed by atoms with E-state index < -0.39 is 45.0 Å². The number of nitrogens with zero attached hydrogens (tertiary/aromatic N) is 2. The van der Waals surface area contributed by atoms with Crippen LogP contribution >= 0.6 is 45.3 Å². The molecule has 0 atom stereocenters. The van der Waals surface area contributed by atoms with E-state index in [1.165, 1.54) is 50.0 Å². The van der Waals surface area contributed by atoms with Gasteiger partial charge in [0.05, 0.1) is 0 Å². The lowest BCUT2D eigenvalue weighted by Crippen LogP contribution is -2.31. The van der Waals surface area contributed by atoms with Crippen LogP contribution in [0.3, 0.4) is 0 Å². The Hall–Kier alpha value is -5.02. The molecule has 6 nitrogen and oxygen atoms in total. The maximum atomic E-state index is 14.1. The molecular weight excluding hydrogens is 861 g/mol. The lowest BCUT2D eigenvalue weighted by Gasteiger charge is -2.34. The van der Waals surface area contributed by atoms with Gasteiger partial charge >= 0.3 is 0 Å². The van der Waals surface area contributed by atoms with E-state index in [1.807, 2.05) is 12.1 Å².